The van der Waals surface area contributed by atoms with Gasteiger partial charge in [-0.25, -0.2) is 0 Å². The molecule has 0 spiro atoms. The molecule has 1 aliphatic carbocycles. The summed E-state index contributed by atoms with van der Waals surface area (Å²) >= 11 is 0. The Hall–Kier alpha value is -0.570. The molecule has 82 valence electrons. The van der Waals surface area contributed by atoms with Gasteiger partial charge in [0.15, 0.2) is 0 Å². The quantitative estimate of drug-likeness (QED) is 0.701. The Morgan fingerprint density at radius 1 is 1.29 bits per heavy atom. The lowest BCUT2D eigenvalue weighted by Crippen LogP contribution is -2.21. The van der Waals surface area contributed by atoms with Crippen molar-refractivity contribution in [3.63, 3.8) is 0 Å². The third-order valence-corrected chi connectivity index (χ3v) is 3.28. The molecule has 3 nitrogen and oxygen atoms in total. The van der Waals surface area contributed by atoms with E-state index < -0.39 is 0 Å². The lowest BCUT2D eigenvalue weighted by Gasteiger charge is -2.27. The van der Waals surface area contributed by atoms with Crippen LogP contribution in [0.1, 0.15) is 38.5 Å². The number of rotatable bonds is 4. The molecule has 0 radical (unpaired) electrons. The van der Waals surface area contributed by atoms with Crippen LogP contribution in [0.4, 0.5) is 0 Å². The summed E-state index contributed by atoms with van der Waals surface area (Å²) in [6.07, 6.45) is 6.51. The van der Waals surface area contributed by atoms with E-state index in [1.54, 1.807) is 0 Å². The lowest BCUT2D eigenvalue weighted by atomic mass is 9.80. The minimum atomic E-state index is -0.0778. The zero-order valence-corrected chi connectivity index (χ0v) is 9.00. The number of carbonyl (C=O) groups excluding carboxylic acids is 1. The SMILES string of the molecule is COC(=O)CCC1CCC(CN)CC1. The van der Waals surface area contributed by atoms with Crippen molar-refractivity contribution in [1.29, 1.82) is 0 Å². The van der Waals surface area contributed by atoms with Crippen molar-refractivity contribution >= 4 is 5.97 Å². The molecular weight excluding hydrogens is 178 g/mol. The maximum atomic E-state index is 10.9. The van der Waals surface area contributed by atoms with Gasteiger partial charge in [-0.15, -0.1) is 0 Å². The van der Waals surface area contributed by atoms with Crippen LogP contribution in [0.2, 0.25) is 0 Å². The Balaban J connectivity index is 2.13. The standard InChI is InChI=1S/C11H21NO2/c1-14-11(13)7-6-9-2-4-10(8-12)5-3-9/h9-10H,2-8,12H2,1H3. The molecular formula is C11H21NO2. The molecule has 14 heavy (non-hydrogen) atoms. The van der Waals surface area contributed by atoms with Gasteiger partial charge in [-0.05, 0) is 37.6 Å². The normalized spacial score (nSPS) is 27.3. The number of hydrogen-bond acceptors (Lipinski definition) is 3. The molecule has 0 bridgehead atoms. The summed E-state index contributed by atoms with van der Waals surface area (Å²) in [7, 11) is 1.45. The van der Waals surface area contributed by atoms with Crippen LogP contribution in [0.5, 0.6) is 0 Å². The number of carbonyl (C=O) groups is 1. The first-order valence-corrected chi connectivity index (χ1v) is 5.53. The maximum absolute atomic E-state index is 10.9. The van der Waals surface area contributed by atoms with Gasteiger partial charge in [0.2, 0.25) is 0 Å². The van der Waals surface area contributed by atoms with Gasteiger partial charge in [-0.1, -0.05) is 12.8 Å². The molecule has 0 aromatic heterocycles. The van der Waals surface area contributed by atoms with Crippen LogP contribution < -0.4 is 5.73 Å². The van der Waals surface area contributed by atoms with Gasteiger partial charge in [0, 0.05) is 6.42 Å². The number of hydrogen-bond donors (Lipinski definition) is 1. The van der Waals surface area contributed by atoms with Crippen molar-refractivity contribution in [3.8, 4) is 0 Å². The largest absolute Gasteiger partial charge is 0.469 e. The first-order chi connectivity index (χ1) is 6.76. The van der Waals surface area contributed by atoms with E-state index in [1.807, 2.05) is 0 Å². The van der Waals surface area contributed by atoms with Crippen molar-refractivity contribution in [3.05, 3.63) is 0 Å². The van der Waals surface area contributed by atoms with E-state index in [4.69, 9.17) is 5.73 Å². The highest BCUT2D eigenvalue weighted by Gasteiger charge is 2.20. The average Bonchev–Trinajstić information content (AvgIpc) is 2.26. The third-order valence-electron chi connectivity index (χ3n) is 3.28. The van der Waals surface area contributed by atoms with Gasteiger partial charge in [0.25, 0.3) is 0 Å². The smallest absolute Gasteiger partial charge is 0.305 e. The van der Waals surface area contributed by atoms with Gasteiger partial charge >= 0.3 is 5.97 Å². The summed E-state index contributed by atoms with van der Waals surface area (Å²) in [5.74, 6) is 1.37. The van der Waals surface area contributed by atoms with Crippen molar-refractivity contribution in [2.24, 2.45) is 17.6 Å². The molecule has 3 heteroatoms. The fourth-order valence-electron chi connectivity index (χ4n) is 2.18. The number of ether oxygens (including phenoxy) is 1. The van der Waals surface area contributed by atoms with Crippen LogP contribution >= 0.6 is 0 Å². The lowest BCUT2D eigenvalue weighted by molar-refractivity contribution is -0.141. The average molecular weight is 199 g/mol. The molecule has 0 unspecified atom stereocenters. The van der Waals surface area contributed by atoms with E-state index in [0.717, 1.165) is 24.8 Å². The van der Waals surface area contributed by atoms with E-state index in [9.17, 15) is 4.79 Å². The van der Waals surface area contributed by atoms with Crippen LogP contribution in [-0.4, -0.2) is 19.6 Å². The van der Waals surface area contributed by atoms with Crippen molar-refractivity contribution < 1.29 is 9.53 Å². The summed E-state index contributed by atoms with van der Waals surface area (Å²) in [6.45, 7) is 0.823. The van der Waals surface area contributed by atoms with E-state index in [-0.39, 0.29) is 5.97 Å². The van der Waals surface area contributed by atoms with Crippen molar-refractivity contribution in [2.75, 3.05) is 13.7 Å². The molecule has 0 aliphatic heterocycles. The fourth-order valence-corrected chi connectivity index (χ4v) is 2.18. The van der Waals surface area contributed by atoms with E-state index >= 15 is 0 Å². The van der Waals surface area contributed by atoms with Crippen LogP contribution in [0, 0.1) is 11.8 Å². The molecule has 1 saturated carbocycles. The van der Waals surface area contributed by atoms with Gasteiger partial charge < -0.3 is 10.5 Å². The van der Waals surface area contributed by atoms with Gasteiger partial charge in [0.05, 0.1) is 7.11 Å². The van der Waals surface area contributed by atoms with E-state index in [1.165, 1.54) is 32.8 Å². The minimum absolute atomic E-state index is 0.0778. The topological polar surface area (TPSA) is 52.3 Å². The highest BCUT2D eigenvalue weighted by Crippen LogP contribution is 2.30. The van der Waals surface area contributed by atoms with Gasteiger partial charge in [0.1, 0.15) is 0 Å². The third kappa shape index (κ3) is 3.66. The first-order valence-electron chi connectivity index (χ1n) is 5.53. The Labute approximate surface area is 86.0 Å². The zero-order chi connectivity index (χ0) is 10.4. The van der Waals surface area contributed by atoms with Crippen molar-refractivity contribution in [1.82, 2.24) is 0 Å². The monoisotopic (exact) mass is 199 g/mol. The summed E-state index contributed by atoms with van der Waals surface area (Å²) < 4.78 is 4.62. The predicted octanol–water partition coefficient (Wildman–Crippen LogP) is 1.70. The van der Waals surface area contributed by atoms with Gasteiger partial charge in [-0.2, -0.15) is 0 Å². The van der Waals surface area contributed by atoms with Crippen LogP contribution in [0.15, 0.2) is 0 Å². The van der Waals surface area contributed by atoms with Crippen LogP contribution in [0.3, 0.4) is 0 Å². The Morgan fingerprint density at radius 3 is 2.36 bits per heavy atom. The first kappa shape index (κ1) is 11.5. The summed E-state index contributed by atoms with van der Waals surface area (Å²) in [4.78, 5) is 10.9. The second-order valence-corrected chi connectivity index (χ2v) is 4.24. The molecule has 0 amide bonds. The summed E-state index contributed by atoms with van der Waals surface area (Å²) in [5, 5.41) is 0. The Morgan fingerprint density at radius 2 is 1.86 bits per heavy atom. The highest BCUT2D eigenvalue weighted by atomic mass is 16.5. The molecule has 0 aromatic carbocycles. The van der Waals surface area contributed by atoms with Gasteiger partial charge in [-0.3, -0.25) is 4.79 Å². The van der Waals surface area contributed by atoms with Crippen LogP contribution in [0.25, 0.3) is 0 Å². The molecule has 1 rings (SSSR count). The summed E-state index contributed by atoms with van der Waals surface area (Å²) in [5.41, 5.74) is 5.62. The maximum Gasteiger partial charge on any atom is 0.305 e. The second kappa shape index (κ2) is 6.02. The molecule has 2 N–H and O–H groups in total. The highest BCUT2D eigenvalue weighted by molar-refractivity contribution is 5.69. The fraction of sp³-hybridized carbons (Fsp3) is 0.909. The molecule has 0 atom stereocenters. The molecule has 1 aliphatic rings. The summed E-state index contributed by atoms with van der Waals surface area (Å²) in [6, 6.07) is 0. The number of esters is 1. The predicted molar refractivity (Wildman–Crippen MR) is 55.8 cm³/mol. The van der Waals surface area contributed by atoms with Crippen molar-refractivity contribution in [2.45, 2.75) is 38.5 Å². The van der Waals surface area contributed by atoms with E-state index in [2.05, 4.69) is 4.74 Å². The molecule has 0 saturated heterocycles. The molecule has 0 heterocycles. The Kier molecular flexibility index (Phi) is 4.94. The van der Waals surface area contributed by atoms with E-state index in [0.29, 0.717) is 6.42 Å². The van der Waals surface area contributed by atoms with Crippen LogP contribution in [-0.2, 0) is 9.53 Å². The number of methoxy groups -OCH3 is 1. The number of nitrogens with two attached hydrogens (primary N) is 1. The molecule has 0 aromatic rings. The Bertz CT molecular complexity index is 174. The molecule has 1 fully saturated rings. The minimum Gasteiger partial charge on any atom is -0.469 e. The zero-order valence-electron chi connectivity index (χ0n) is 9.00. The second-order valence-electron chi connectivity index (χ2n) is 4.24.